The van der Waals surface area contributed by atoms with Crippen molar-refractivity contribution in [3.05, 3.63) is 94.0 Å². The van der Waals surface area contributed by atoms with Gasteiger partial charge in [-0.15, -0.1) is 0 Å². The fourth-order valence-electron chi connectivity index (χ4n) is 4.07. The third kappa shape index (κ3) is 7.86. The Bertz CT molecular complexity index is 1440. The summed E-state index contributed by atoms with van der Waals surface area (Å²) in [6.07, 6.45) is 0. The highest BCUT2D eigenvalue weighted by Gasteiger charge is 2.32. The van der Waals surface area contributed by atoms with E-state index in [1.54, 1.807) is 19.1 Å². The van der Waals surface area contributed by atoms with Crippen LogP contribution in [0.3, 0.4) is 0 Å². The zero-order valence-electron chi connectivity index (χ0n) is 23.9. The first-order valence-electron chi connectivity index (χ1n) is 13.3. The van der Waals surface area contributed by atoms with E-state index < -0.39 is 28.5 Å². The number of nitrogens with zero attached hydrogens (tertiary/aromatic N) is 2. The number of hydrogen-bond acceptors (Lipinski definition) is 4. The Morgan fingerprint density at radius 3 is 2.08 bits per heavy atom. The molecular weight excluding hydrogens is 546 g/mol. The lowest BCUT2D eigenvalue weighted by atomic mass is 10.1. The first kappa shape index (κ1) is 31.2. The Morgan fingerprint density at radius 1 is 0.875 bits per heavy atom. The number of hydrogen-bond donors (Lipinski definition) is 1. The SMILES string of the molecule is Cc1ccc(CN(C(=O)CN(c2ccc(C)c(C)c2)S(=O)(=O)c2ccc(Cl)cc2)[C@H](C)C(=O)NCC(C)C)cc1. The van der Waals surface area contributed by atoms with E-state index in [4.69, 9.17) is 11.6 Å². The molecule has 0 bridgehead atoms. The number of sulfonamides is 1. The Labute approximate surface area is 243 Å². The van der Waals surface area contributed by atoms with Gasteiger partial charge >= 0.3 is 0 Å². The largest absolute Gasteiger partial charge is 0.354 e. The van der Waals surface area contributed by atoms with Gasteiger partial charge in [0.2, 0.25) is 11.8 Å². The molecule has 0 aliphatic rings. The van der Waals surface area contributed by atoms with E-state index >= 15 is 0 Å². The van der Waals surface area contributed by atoms with E-state index in [1.165, 1.54) is 29.2 Å². The maximum Gasteiger partial charge on any atom is 0.264 e. The minimum Gasteiger partial charge on any atom is -0.354 e. The fraction of sp³-hybridized carbons (Fsp3) is 0.355. The third-order valence-corrected chi connectivity index (χ3v) is 8.82. The summed E-state index contributed by atoms with van der Waals surface area (Å²) in [5, 5.41) is 3.30. The summed E-state index contributed by atoms with van der Waals surface area (Å²) in [5.74, 6) is -0.557. The molecular formula is C31H38ClN3O4S. The Hall–Kier alpha value is -3.36. The average Bonchev–Trinajstić information content (AvgIpc) is 2.91. The molecule has 0 aromatic heterocycles. The smallest absolute Gasteiger partial charge is 0.264 e. The van der Waals surface area contributed by atoms with Crippen LogP contribution in [0.15, 0.2) is 71.6 Å². The van der Waals surface area contributed by atoms with Crippen molar-refractivity contribution in [1.82, 2.24) is 10.2 Å². The number of rotatable bonds is 11. The lowest BCUT2D eigenvalue weighted by Crippen LogP contribution is -2.51. The molecule has 3 aromatic carbocycles. The predicted octanol–water partition coefficient (Wildman–Crippen LogP) is 5.65. The highest BCUT2D eigenvalue weighted by Crippen LogP contribution is 2.27. The Kier molecular flexibility index (Phi) is 10.4. The first-order valence-corrected chi connectivity index (χ1v) is 15.1. The third-order valence-electron chi connectivity index (χ3n) is 6.78. The Balaban J connectivity index is 2.03. The van der Waals surface area contributed by atoms with Crippen LogP contribution < -0.4 is 9.62 Å². The average molecular weight is 584 g/mol. The number of carbonyl (C=O) groups is 2. The van der Waals surface area contributed by atoms with Crippen LogP contribution in [0, 0.1) is 26.7 Å². The number of anilines is 1. The van der Waals surface area contributed by atoms with Crippen LogP contribution in [0.25, 0.3) is 0 Å². The van der Waals surface area contributed by atoms with Crippen molar-refractivity contribution in [1.29, 1.82) is 0 Å². The molecule has 0 unspecified atom stereocenters. The topological polar surface area (TPSA) is 86.8 Å². The number of benzene rings is 3. The number of carbonyl (C=O) groups excluding carboxylic acids is 2. The molecule has 40 heavy (non-hydrogen) atoms. The van der Waals surface area contributed by atoms with Crippen molar-refractivity contribution < 1.29 is 18.0 Å². The number of aryl methyl sites for hydroxylation is 3. The summed E-state index contributed by atoms with van der Waals surface area (Å²) < 4.78 is 28.9. The molecule has 0 aliphatic heterocycles. The van der Waals surface area contributed by atoms with E-state index in [1.807, 2.05) is 65.0 Å². The van der Waals surface area contributed by atoms with Gasteiger partial charge in [0.25, 0.3) is 10.0 Å². The van der Waals surface area contributed by atoms with Gasteiger partial charge in [0.15, 0.2) is 0 Å². The van der Waals surface area contributed by atoms with Crippen molar-refractivity contribution in [3.63, 3.8) is 0 Å². The van der Waals surface area contributed by atoms with Gasteiger partial charge in [-0.2, -0.15) is 0 Å². The zero-order valence-corrected chi connectivity index (χ0v) is 25.5. The van der Waals surface area contributed by atoms with E-state index in [-0.39, 0.29) is 23.3 Å². The van der Waals surface area contributed by atoms with Crippen LogP contribution in [-0.4, -0.2) is 44.3 Å². The molecule has 9 heteroatoms. The van der Waals surface area contributed by atoms with Crippen molar-refractivity contribution in [2.45, 2.75) is 59.0 Å². The normalized spacial score (nSPS) is 12.2. The molecule has 2 amide bonds. The zero-order chi connectivity index (χ0) is 29.6. The predicted molar refractivity (Wildman–Crippen MR) is 161 cm³/mol. The highest BCUT2D eigenvalue weighted by atomic mass is 35.5. The van der Waals surface area contributed by atoms with Crippen LogP contribution in [0.1, 0.15) is 43.0 Å². The summed E-state index contributed by atoms with van der Waals surface area (Å²) >= 11 is 6.01. The summed E-state index contributed by atoms with van der Waals surface area (Å²) in [5.41, 5.74) is 4.15. The van der Waals surface area contributed by atoms with E-state index in [9.17, 15) is 18.0 Å². The summed E-state index contributed by atoms with van der Waals surface area (Å²) in [7, 11) is -4.15. The maximum absolute atomic E-state index is 14.0. The van der Waals surface area contributed by atoms with Crippen molar-refractivity contribution >= 4 is 39.1 Å². The van der Waals surface area contributed by atoms with E-state index in [0.717, 1.165) is 26.6 Å². The van der Waals surface area contributed by atoms with Gasteiger partial charge in [-0.1, -0.05) is 61.3 Å². The summed E-state index contributed by atoms with van der Waals surface area (Å²) in [6.45, 7) is 11.6. The monoisotopic (exact) mass is 583 g/mol. The molecule has 0 heterocycles. The number of halogens is 1. The quantitative estimate of drug-likeness (QED) is 0.316. The summed E-state index contributed by atoms with van der Waals surface area (Å²) in [6, 6.07) is 18.0. The van der Waals surface area contributed by atoms with Crippen molar-refractivity contribution in [2.75, 3.05) is 17.4 Å². The fourth-order valence-corrected chi connectivity index (χ4v) is 5.60. The molecule has 7 nitrogen and oxygen atoms in total. The molecule has 1 N–H and O–H groups in total. The lowest BCUT2D eigenvalue weighted by Gasteiger charge is -2.32. The molecule has 0 saturated carbocycles. The van der Waals surface area contributed by atoms with Gasteiger partial charge in [-0.3, -0.25) is 13.9 Å². The highest BCUT2D eigenvalue weighted by molar-refractivity contribution is 7.92. The molecule has 1 atom stereocenters. The van der Waals surface area contributed by atoms with E-state index in [2.05, 4.69) is 5.32 Å². The molecule has 0 saturated heterocycles. The van der Waals surface area contributed by atoms with Crippen LogP contribution >= 0.6 is 11.6 Å². The Morgan fingerprint density at radius 2 is 1.50 bits per heavy atom. The maximum atomic E-state index is 14.0. The van der Waals surface area contributed by atoms with Crippen LogP contribution in [0.5, 0.6) is 0 Å². The second-order valence-corrected chi connectivity index (χ2v) is 12.9. The molecule has 0 fully saturated rings. The van der Waals surface area contributed by atoms with Gasteiger partial charge in [-0.05, 0) is 86.7 Å². The molecule has 0 spiro atoms. The van der Waals surface area contributed by atoms with Crippen LogP contribution in [0.2, 0.25) is 5.02 Å². The molecule has 214 valence electrons. The van der Waals surface area contributed by atoms with Gasteiger partial charge in [-0.25, -0.2) is 8.42 Å². The number of nitrogens with one attached hydrogen (secondary N) is 1. The summed E-state index contributed by atoms with van der Waals surface area (Å²) in [4.78, 5) is 28.5. The molecule has 3 rings (SSSR count). The van der Waals surface area contributed by atoms with Gasteiger partial charge < -0.3 is 10.2 Å². The van der Waals surface area contributed by atoms with Crippen LogP contribution in [-0.2, 0) is 26.2 Å². The van der Waals surface area contributed by atoms with Gasteiger partial charge in [0.05, 0.1) is 10.6 Å². The van der Waals surface area contributed by atoms with Crippen molar-refractivity contribution in [2.24, 2.45) is 5.92 Å². The lowest BCUT2D eigenvalue weighted by molar-refractivity contribution is -0.139. The first-order chi connectivity index (χ1) is 18.8. The standard InChI is InChI=1S/C31H38ClN3O4S/c1-21(2)18-33-31(37)25(6)34(19-26-10-7-22(3)8-11-26)30(36)20-35(28-14-9-23(4)24(5)17-28)40(38,39)29-15-12-27(32)13-16-29/h7-17,21,25H,18-20H2,1-6H3,(H,33,37)/t25-/m1/s1. The van der Waals surface area contributed by atoms with Crippen LogP contribution in [0.4, 0.5) is 5.69 Å². The van der Waals surface area contributed by atoms with Gasteiger partial charge in [0, 0.05) is 18.1 Å². The molecule has 3 aromatic rings. The minimum atomic E-state index is -4.15. The minimum absolute atomic E-state index is 0.00994. The number of amides is 2. The van der Waals surface area contributed by atoms with E-state index in [0.29, 0.717) is 17.3 Å². The molecule has 0 radical (unpaired) electrons. The second kappa shape index (κ2) is 13.3. The van der Waals surface area contributed by atoms with Gasteiger partial charge in [0.1, 0.15) is 12.6 Å². The second-order valence-electron chi connectivity index (χ2n) is 10.6. The molecule has 0 aliphatic carbocycles. The van der Waals surface area contributed by atoms with Crippen molar-refractivity contribution in [3.8, 4) is 0 Å².